The average Bonchev–Trinajstić information content (AvgIpc) is 3.61. The first-order chi connectivity index (χ1) is 17.2. The summed E-state index contributed by atoms with van der Waals surface area (Å²) < 4.78 is 8.24. The number of rotatable bonds is 7. The van der Waals surface area contributed by atoms with Crippen LogP contribution in [0.15, 0.2) is 109 Å². The minimum Gasteiger partial charge on any atom is -0.464 e. The summed E-state index contributed by atoms with van der Waals surface area (Å²) in [5, 5.41) is 17.2. The molecule has 0 fully saturated rings. The van der Waals surface area contributed by atoms with Crippen LogP contribution in [-0.2, 0) is 9.53 Å². The summed E-state index contributed by atoms with van der Waals surface area (Å²) in [5.41, 5.74) is 4.35. The lowest BCUT2D eigenvalue weighted by atomic mass is 10.1. The van der Waals surface area contributed by atoms with Crippen LogP contribution in [0.2, 0.25) is 0 Å². The van der Waals surface area contributed by atoms with E-state index in [0.717, 1.165) is 22.4 Å². The highest BCUT2D eigenvalue weighted by Crippen LogP contribution is 2.26. The van der Waals surface area contributed by atoms with Crippen molar-refractivity contribution < 1.29 is 9.53 Å². The molecule has 2 heterocycles. The van der Waals surface area contributed by atoms with Gasteiger partial charge < -0.3 is 4.74 Å². The van der Waals surface area contributed by atoms with Gasteiger partial charge in [-0.25, -0.2) is 14.2 Å². The molecule has 1 unspecified atom stereocenters. The second-order valence-electron chi connectivity index (χ2n) is 7.76. The quantitative estimate of drug-likeness (QED) is 0.261. The van der Waals surface area contributed by atoms with Gasteiger partial charge in [-0.05, 0) is 11.6 Å². The summed E-state index contributed by atoms with van der Waals surface area (Å²) in [7, 11) is 1.34. The van der Waals surface area contributed by atoms with Crippen molar-refractivity contribution >= 4 is 11.7 Å². The van der Waals surface area contributed by atoms with E-state index in [-0.39, 0.29) is 5.70 Å². The number of ether oxygens (including phenoxy) is 1. The van der Waals surface area contributed by atoms with Crippen LogP contribution in [0, 0.1) is 0 Å². The van der Waals surface area contributed by atoms with Crippen LogP contribution in [-0.4, -0.2) is 43.1 Å². The number of aromatic nitrogens is 6. The number of hydrogen-bond donors (Lipinski definition) is 0. The second kappa shape index (κ2) is 9.96. The fourth-order valence-electron chi connectivity index (χ4n) is 3.74. The number of esters is 1. The van der Waals surface area contributed by atoms with Crippen LogP contribution >= 0.6 is 0 Å². The van der Waals surface area contributed by atoms with Crippen LogP contribution in [0.3, 0.4) is 0 Å². The first-order valence-corrected chi connectivity index (χ1v) is 11.0. The van der Waals surface area contributed by atoms with Crippen LogP contribution in [0.1, 0.15) is 11.6 Å². The van der Waals surface area contributed by atoms with Gasteiger partial charge in [-0.15, -0.1) is 10.2 Å². The monoisotopic (exact) mass is 462 g/mol. The number of hydrogen-bond acceptors (Lipinski definition) is 6. The third-order valence-electron chi connectivity index (χ3n) is 5.53. The zero-order chi connectivity index (χ0) is 24.0. The minimum atomic E-state index is -0.543. The Morgan fingerprint density at radius 3 is 1.91 bits per heavy atom. The zero-order valence-electron chi connectivity index (χ0n) is 19.0. The Labute approximate surface area is 202 Å². The van der Waals surface area contributed by atoms with E-state index in [4.69, 9.17) is 4.74 Å². The van der Waals surface area contributed by atoms with Crippen molar-refractivity contribution in [2.75, 3.05) is 7.11 Å². The summed E-state index contributed by atoms with van der Waals surface area (Å²) >= 11 is 0. The van der Waals surface area contributed by atoms with Crippen LogP contribution in [0.4, 0.5) is 0 Å². The molecule has 0 aliphatic rings. The van der Waals surface area contributed by atoms with Gasteiger partial charge in [0.05, 0.1) is 25.5 Å². The Kier molecular flexibility index (Phi) is 6.25. The summed E-state index contributed by atoms with van der Waals surface area (Å²) in [6.45, 7) is 0. The van der Waals surface area contributed by atoms with Gasteiger partial charge in [-0.3, -0.25) is 0 Å². The molecule has 8 nitrogen and oxygen atoms in total. The summed E-state index contributed by atoms with van der Waals surface area (Å²) in [6.07, 6.45) is 5.32. The van der Waals surface area contributed by atoms with Crippen molar-refractivity contribution in [2.24, 2.45) is 0 Å². The number of carbonyl (C=O) groups is 1. The molecular formula is C27H22N6O2. The topological polar surface area (TPSA) is 87.7 Å². The van der Waals surface area contributed by atoms with Gasteiger partial charge in [-0.2, -0.15) is 0 Å². The molecule has 5 rings (SSSR count). The highest BCUT2D eigenvalue weighted by atomic mass is 16.5. The van der Waals surface area contributed by atoms with Crippen LogP contribution < -0.4 is 0 Å². The Morgan fingerprint density at radius 1 is 0.771 bits per heavy atom. The van der Waals surface area contributed by atoms with Gasteiger partial charge in [0.1, 0.15) is 17.1 Å². The van der Waals surface area contributed by atoms with Gasteiger partial charge in [0.2, 0.25) is 0 Å². The van der Waals surface area contributed by atoms with Crippen LogP contribution in [0.25, 0.3) is 28.2 Å². The van der Waals surface area contributed by atoms with Gasteiger partial charge in [0.15, 0.2) is 0 Å². The number of allylic oxidation sites excluding steroid dienone is 1. The molecule has 0 bridgehead atoms. The number of carbonyl (C=O) groups excluding carboxylic acids is 1. The number of benzene rings is 3. The summed E-state index contributed by atoms with van der Waals surface area (Å²) in [5.74, 6) is -0.543. The Hall–Kier alpha value is -4.85. The van der Waals surface area contributed by atoms with Crippen molar-refractivity contribution in [1.29, 1.82) is 0 Å². The van der Waals surface area contributed by atoms with E-state index in [9.17, 15) is 4.79 Å². The Balaban J connectivity index is 1.59. The van der Waals surface area contributed by atoms with Crippen molar-refractivity contribution in [3.63, 3.8) is 0 Å². The Morgan fingerprint density at radius 2 is 1.31 bits per heavy atom. The molecule has 0 spiro atoms. The maximum atomic E-state index is 12.9. The molecule has 3 aromatic carbocycles. The maximum absolute atomic E-state index is 12.9. The van der Waals surface area contributed by atoms with E-state index in [1.165, 1.54) is 11.8 Å². The van der Waals surface area contributed by atoms with E-state index in [0.29, 0.717) is 5.69 Å². The molecule has 1 atom stereocenters. The predicted molar refractivity (Wildman–Crippen MR) is 132 cm³/mol. The lowest BCUT2D eigenvalue weighted by molar-refractivity contribution is -0.134. The first kappa shape index (κ1) is 22.0. The van der Waals surface area contributed by atoms with E-state index in [1.54, 1.807) is 17.0 Å². The summed E-state index contributed by atoms with van der Waals surface area (Å²) in [6, 6.07) is 28.7. The molecule has 0 radical (unpaired) electrons. The molecule has 5 aromatic rings. The number of methoxy groups -OCH3 is 1. The molecule has 0 saturated heterocycles. The molecule has 0 aliphatic heterocycles. The second-order valence-corrected chi connectivity index (χ2v) is 7.76. The molecule has 35 heavy (non-hydrogen) atoms. The van der Waals surface area contributed by atoms with Gasteiger partial charge in [0, 0.05) is 11.1 Å². The third-order valence-corrected chi connectivity index (χ3v) is 5.53. The fourth-order valence-corrected chi connectivity index (χ4v) is 3.74. The Bertz CT molecular complexity index is 1440. The van der Waals surface area contributed by atoms with Gasteiger partial charge in [-0.1, -0.05) is 101 Å². The summed E-state index contributed by atoms with van der Waals surface area (Å²) in [4.78, 5) is 12.9. The standard InChI is InChI=1S/C27H22N6O2/c1-35-27(34)26(33-19-24(29-31-33)21-13-7-3-8-14-21)17-25(22-15-9-4-10-16-22)32-18-23(28-30-32)20-11-5-2-6-12-20/h2-19,25H,1H3/b26-17-. The lowest BCUT2D eigenvalue weighted by Crippen LogP contribution is -2.16. The largest absolute Gasteiger partial charge is 0.464 e. The predicted octanol–water partition coefficient (Wildman–Crippen LogP) is 4.51. The molecule has 8 heteroatoms. The zero-order valence-corrected chi connectivity index (χ0v) is 19.0. The minimum absolute atomic E-state index is 0.216. The van der Waals surface area contributed by atoms with Crippen molar-refractivity contribution in [3.8, 4) is 22.5 Å². The lowest BCUT2D eigenvalue weighted by Gasteiger charge is -2.15. The highest BCUT2D eigenvalue weighted by molar-refractivity contribution is 6.09. The van der Waals surface area contributed by atoms with Crippen molar-refractivity contribution in [2.45, 2.75) is 6.04 Å². The molecule has 2 aromatic heterocycles. The smallest absolute Gasteiger partial charge is 0.356 e. The van der Waals surface area contributed by atoms with Crippen molar-refractivity contribution in [1.82, 2.24) is 30.0 Å². The first-order valence-electron chi connectivity index (χ1n) is 11.0. The van der Waals surface area contributed by atoms with E-state index < -0.39 is 12.0 Å². The van der Waals surface area contributed by atoms with Crippen molar-refractivity contribution in [3.05, 3.63) is 115 Å². The molecular weight excluding hydrogens is 440 g/mol. The van der Waals surface area contributed by atoms with E-state index in [2.05, 4.69) is 20.6 Å². The van der Waals surface area contributed by atoms with E-state index in [1.807, 2.05) is 97.2 Å². The maximum Gasteiger partial charge on any atom is 0.356 e. The van der Waals surface area contributed by atoms with Gasteiger partial charge in [0.25, 0.3) is 0 Å². The molecule has 0 saturated carbocycles. The fraction of sp³-hybridized carbons (Fsp3) is 0.0741. The molecule has 0 aliphatic carbocycles. The van der Waals surface area contributed by atoms with E-state index >= 15 is 0 Å². The third kappa shape index (κ3) is 4.77. The van der Waals surface area contributed by atoms with Gasteiger partial charge >= 0.3 is 5.97 Å². The molecule has 172 valence electrons. The SMILES string of the molecule is COC(=O)/C(=C/C(c1ccccc1)n1cc(-c2ccccc2)nn1)n1cc(-c2ccccc2)nn1. The normalized spacial score (nSPS) is 12.3. The highest BCUT2D eigenvalue weighted by Gasteiger charge is 2.21. The average molecular weight is 463 g/mol. The number of nitrogens with zero attached hydrogens (tertiary/aromatic N) is 6. The molecule has 0 amide bonds. The van der Waals surface area contributed by atoms with Crippen LogP contribution in [0.5, 0.6) is 0 Å². The molecule has 0 N–H and O–H groups in total.